The Morgan fingerprint density at radius 1 is 1.27 bits per heavy atom. The first kappa shape index (κ1) is 14.9. The molecule has 0 spiro atoms. The second kappa shape index (κ2) is 5.62. The Labute approximate surface area is 132 Å². The van der Waals surface area contributed by atoms with E-state index in [-0.39, 0.29) is 4.21 Å². The van der Waals surface area contributed by atoms with Gasteiger partial charge in [0.1, 0.15) is 10.8 Å². The van der Waals surface area contributed by atoms with Crippen LogP contribution < -0.4 is 9.62 Å². The highest BCUT2D eigenvalue weighted by Gasteiger charge is 2.24. The summed E-state index contributed by atoms with van der Waals surface area (Å²) >= 11 is 1.21. The molecule has 22 heavy (non-hydrogen) atoms. The molecule has 0 aliphatic carbocycles. The molecule has 2 heterocycles. The standard InChI is InChI=1S/C14H14N2O4S2/c1-10-5-6-13(21-10)22(18,19)15-11-3-2-4-12(9-11)16-7-8-20-14(16)17/h2-6,9,15H,7-8H2,1H3. The van der Waals surface area contributed by atoms with Gasteiger partial charge in [0.15, 0.2) is 0 Å². The molecule has 3 rings (SSSR count). The number of nitrogens with zero attached hydrogens (tertiary/aromatic N) is 1. The average molecular weight is 338 g/mol. The first-order valence-corrected chi connectivity index (χ1v) is 8.89. The van der Waals surface area contributed by atoms with Gasteiger partial charge >= 0.3 is 6.09 Å². The van der Waals surface area contributed by atoms with Crippen LogP contribution >= 0.6 is 11.3 Å². The van der Waals surface area contributed by atoms with Crippen molar-refractivity contribution in [2.75, 3.05) is 22.8 Å². The van der Waals surface area contributed by atoms with Crippen LogP contribution in [0.2, 0.25) is 0 Å². The van der Waals surface area contributed by atoms with E-state index in [9.17, 15) is 13.2 Å². The third-order valence-electron chi connectivity index (χ3n) is 3.15. The fourth-order valence-corrected chi connectivity index (χ4v) is 4.46. The Bertz CT molecular complexity index is 814. The number of hydrogen-bond acceptors (Lipinski definition) is 5. The molecule has 1 aromatic carbocycles. The minimum absolute atomic E-state index is 0.260. The van der Waals surface area contributed by atoms with Gasteiger partial charge in [-0.1, -0.05) is 6.07 Å². The molecule has 6 nitrogen and oxygen atoms in total. The molecular weight excluding hydrogens is 324 g/mol. The molecule has 1 fully saturated rings. The molecule has 0 saturated carbocycles. The van der Waals surface area contributed by atoms with E-state index in [0.29, 0.717) is 24.5 Å². The fraction of sp³-hybridized carbons (Fsp3) is 0.214. The zero-order valence-electron chi connectivity index (χ0n) is 11.8. The quantitative estimate of drug-likeness (QED) is 0.930. The summed E-state index contributed by atoms with van der Waals surface area (Å²) in [7, 11) is -3.61. The van der Waals surface area contributed by atoms with Crippen LogP contribution in [0.15, 0.2) is 40.6 Å². The number of rotatable bonds is 4. The number of thiophene rings is 1. The van der Waals surface area contributed by atoms with Gasteiger partial charge in [0.25, 0.3) is 10.0 Å². The highest BCUT2D eigenvalue weighted by molar-refractivity contribution is 7.94. The Balaban J connectivity index is 1.85. The summed E-state index contributed by atoms with van der Waals surface area (Å²) in [4.78, 5) is 14.0. The van der Waals surface area contributed by atoms with Gasteiger partial charge in [-0.2, -0.15) is 0 Å². The van der Waals surface area contributed by atoms with Crippen molar-refractivity contribution in [3.63, 3.8) is 0 Å². The first-order chi connectivity index (χ1) is 10.5. The number of aryl methyl sites for hydroxylation is 1. The summed E-state index contributed by atoms with van der Waals surface area (Å²) in [5.74, 6) is 0. The van der Waals surface area contributed by atoms with E-state index in [0.717, 1.165) is 4.88 Å². The molecular formula is C14H14N2O4S2. The van der Waals surface area contributed by atoms with E-state index in [2.05, 4.69) is 4.72 Å². The van der Waals surface area contributed by atoms with Crippen LogP contribution in [0.25, 0.3) is 0 Å². The second-order valence-electron chi connectivity index (χ2n) is 4.79. The van der Waals surface area contributed by atoms with Crippen molar-refractivity contribution in [1.29, 1.82) is 0 Å². The number of hydrogen-bond donors (Lipinski definition) is 1. The number of nitrogens with one attached hydrogen (secondary N) is 1. The van der Waals surface area contributed by atoms with Crippen LogP contribution in [-0.4, -0.2) is 27.7 Å². The number of benzene rings is 1. The van der Waals surface area contributed by atoms with Gasteiger partial charge in [-0.05, 0) is 37.3 Å². The zero-order valence-corrected chi connectivity index (χ0v) is 13.4. The molecule has 1 aliphatic heterocycles. The van der Waals surface area contributed by atoms with E-state index >= 15 is 0 Å². The van der Waals surface area contributed by atoms with Gasteiger partial charge in [0.2, 0.25) is 0 Å². The average Bonchev–Trinajstić information content (AvgIpc) is 3.07. The largest absolute Gasteiger partial charge is 0.447 e. The van der Waals surface area contributed by atoms with Gasteiger partial charge in [0, 0.05) is 10.6 Å². The molecule has 1 aromatic heterocycles. The SMILES string of the molecule is Cc1ccc(S(=O)(=O)Nc2cccc(N3CCOC3=O)c2)s1. The number of amides is 1. The topological polar surface area (TPSA) is 75.7 Å². The van der Waals surface area contributed by atoms with E-state index in [4.69, 9.17) is 4.74 Å². The van der Waals surface area contributed by atoms with Crippen LogP contribution in [-0.2, 0) is 14.8 Å². The van der Waals surface area contributed by atoms with Crippen molar-refractivity contribution in [3.05, 3.63) is 41.3 Å². The lowest BCUT2D eigenvalue weighted by Gasteiger charge is -2.14. The van der Waals surface area contributed by atoms with E-state index in [1.165, 1.54) is 16.2 Å². The van der Waals surface area contributed by atoms with Crippen molar-refractivity contribution >= 4 is 38.8 Å². The number of sulfonamides is 1. The maximum atomic E-state index is 12.3. The summed E-state index contributed by atoms with van der Waals surface area (Å²) in [5.41, 5.74) is 1.01. The third-order valence-corrected chi connectivity index (χ3v) is 6.03. The summed E-state index contributed by atoms with van der Waals surface area (Å²) in [6, 6.07) is 10.0. The highest BCUT2D eigenvalue weighted by atomic mass is 32.2. The Morgan fingerprint density at radius 2 is 2.09 bits per heavy atom. The number of cyclic esters (lactones) is 1. The minimum Gasteiger partial charge on any atom is -0.447 e. The maximum Gasteiger partial charge on any atom is 0.414 e. The minimum atomic E-state index is -3.61. The number of anilines is 2. The lowest BCUT2D eigenvalue weighted by molar-refractivity contribution is 0.181. The molecule has 0 radical (unpaired) electrons. The van der Waals surface area contributed by atoms with Crippen LogP contribution in [0.1, 0.15) is 4.88 Å². The summed E-state index contributed by atoms with van der Waals surface area (Å²) in [5, 5.41) is 0. The molecule has 1 amide bonds. The molecule has 1 saturated heterocycles. The van der Waals surface area contributed by atoms with Crippen molar-refractivity contribution in [2.45, 2.75) is 11.1 Å². The van der Waals surface area contributed by atoms with E-state index in [1.807, 2.05) is 6.92 Å². The second-order valence-corrected chi connectivity index (χ2v) is 7.98. The fourth-order valence-electron chi connectivity index (χ4n) is 2.13. The molecule has 116 valence electrons. The first-order valence-electron chi connectivity index (χ1n) is 6.59. The molecule has 1 N–H and O–H groups in total. The predicted molar refractivity (Wildman–Crippen MR) is 85.0 cm³/mol. The van der Waals surface area contributed by atoms with Crippen LogP contribution in [0.4, 0.5) is 16.2 Å². The van der Waals surface area contributed by atoms with E-state index in [1.54, 1.807) is 36.4 Å². The van der Waals surface area contributed by atoms with E-state index < -0.39 is 16.1 Å². The van der Waals surface area contributed by atoms with Crippen molar-refractivity contribution < 1.29 is 17.9 Å². The van der Waals surface area contributed by atoms with Gasteiger partial charge in [-0.3, -0.25) is 9.62 Å². The van der Waals surface area contributed by atoms with Crippen LogP contribution in [0.3, 0.4) is 0 Å². The molecule has 0 atom stereocenters. The predicted octanol–water partition coefficient (Wildman–Crippen LogP) is 2.81. The summed E-state index contributed by atoms with van der Waals surface area (Å²) in [6.07, 6.45) is -0.422. The zero-order chi connectivity index (χ0) is 15.7. The summed E-state index contributed by atoms with van der Waals surface area (Å²) < 4.78 is 32.3. The van der Waals surface area contributed by atoms with Crippen LogP contribution in [0.5, 0.6) is 0 Å². The lowest BCUT2D eigenvalue weighted by Crippen LogP contribution is -2.23. The van der Waals surface area contributed by atoms with Crippen molar-refractivity contribution in [2.24, 2.45) is 0 Å². The monoisotopic (exact) mass is 338 g/mol. The van der Waals surface area contributed by atoms with Crippen LogP contribution in [0, 0.1) is 6.92 Å². The maximum absolute atomic E-state index is 12.3. The Kier molecular flexibility index (Phi) is 3.79. The van der Waals surface area contributed by atoms with Gasteiger partial charge in [-0.15, -0.1) is 11.3 Å². The van der Waals surface area contributed by atoms with Gasteiger partial charge < -0.3 is 4.74 Å². The van der Waals surface area contributed by atoms with Gasteiger partial charge in [0.05, 0.1) is 12.2 Å². The van der Waals surface area contributed by atoms with Crippen molar-refractivity contribution in [3.8, 4) is 0 Å². The molecule has 1 aliphatic rings. The third kappa shape index (κ3) is 2.93. The molecule has 8 heteroatoms. The molecule has 0 bridgehead atoms. The van der Waals surface area contributed by atoms with Gasteiger partial charge in [-0.25, -0.2) is 13.2 Å². The number of carbonyl (C=O) groups is 1. The smallest absolute Gasteiger partial charge is 0.414 e. The lowest BCUT2D eigenvalue weighted by atomic mass is 10.2. The van der Waals surface area contributed by atoms with Crippen molar-refractivity contribution in [1.82, 2.24) is 0 Å². The summed E-state index contributed by atoms with van der Waals surface area (Å²) in [6.45, 7) is 2.64. The number of ether oxygens (including phenoxy) is 1. The molecule has 0 unspecified atom stereocenters. The highest BCUT2D eigenvalue weighted by Crippen LogP contribution is 2.26. The number of carbonyl (C=O) groups excluding carboxylic acids is 1. The Hall–Kier alpha value is -2.06. The molecule has 2 aromatic rings. The normalized spacial score (nSPS) is 15.0. The Morgan fingerprint density at radius 3 is 2.73 bits per heavy atom.